The fourth-order valence-electron chi connectivity index (χ4n) is 2.11. The third kappa shape index (κ3) is 2.42. The number of nitrogens with two attached hydrogens (primary N) is 1. The lowest BCUT2D eigenvalue weighted by Gasteiger charge is -2.20. The molecule has 17 heavy (non-hydrogen) atoms. The molecule has 0 amide bonds. The predicted molar refractivity (Wildman–Crippen MR) is 66.6 cm³/mol. The molecule has 1 aromatic rings. The molecule has 0 saturated carbocycles. The Kier molecular flexibility index (Phi) is 4.12. The molecule has 0 aliphatic rings. The van der Waals surface area contributed by atoms with Crippen LogP contribution >= 0.6 is 0 Å². The minimum Gasteiger partial charge on any atom is -0.496 e. The summed E-state index contributed by atoms with van der Waals surface area (Å²) in [6.45, 7) is 5.85. The molecule has 0 saturated heterocycles. The lowest BCUT2D eigenvalue weighted by Crippen LogP contribution is -2.23. The summed E-state index contributed by atoms with van der Waals surface area (Å²) in [4.78, 5) is 11.2. The number of carboxylic acids is 1. The van der Waals surface area contributed by atoms with Gasteiger partial charge >= 0.3 is 5.97 Å². The number of rotatable bonds is 4. The molecule has 1 atom stereocenters. The van der Waals surface area contributed by atoms with Crippen LogP contribution in [0.15, 0.2) is 6.07 Å². The van der Waals surface area contributed by atoms with Crippen LogP contribution in [-0.2, 0) is 4.79 Å². The molecule has 0 radical (unpaired) electrons. The van der Waals surface area contributed by atoms with Gasteiger partial charge in [0.15, 0.2) is 0 Å². The van der Waals surface area contributed by atoms with Crippen molar-refractivity contribution >= 4 is 5.97 Å². The number of aliphatic carboxylic acids is 1. The van der Waals surface area contributed by atoms with Crippen molar-refractivity contribution in [1.82, 2.24) is 0 Å². The SMILES string of the molecule is COc1c(C)c(C)cc(C)c1C(CN)C(=O)O. The van der Waals surface area contributed by atoms with Gasteiger partial charge in [0, 0.05) is 12.1 Å². The van der Waals surface area contributed by atoms with E-state index in [4.69, 9.17) is 10.5 Å². The van der Waals surface area contributed by atoms with Crippen molar-refractivity contribution in [2.75, 3.05) is 13.7 Å². The number of benzene rings is 1. The second kappa shape index (κ2) is 5.19. The smallest absolute Gasteiger partial charge is 0.312 e. The summed E-state index contributed by atoms with van der Waals surface area (Å²) < 4.78 is 5.35. The van der Waals surface area contributed by atoms with Crippen molar-refractivity contribution < 1.29 is 14.6 Å². The van der Waals surface area contributed by atoms with Crippen molar-refractivity contribution in [3.8, 4) is 5.75 Å². The highest BCUT2D eigenvalue weighted by Gasteiger charge is 2.25. The highest BCUT2D eigenvalue weighted by atomic mass is 16.5. The van der Waals surface area contributed by atoms with Gasteiger partial charge in [0.25, 0.3) is 0 Å². The molecule has 0 fully saturated rings. The second-order valence-electron chi connectivity index (χ2n) is 4.21. The molecule has 0 aliphatic heterocycles. The van der Waals surface area contributed by atoms with E-state index in [2.05, 4.69) is 0 Å². The van der Waals surface area contributed by atoms with Crippen LogP contribution in [-0.4, -0.2) is 24.7 Å². The zero-order chi connectivity index (χ0) is 13.2. The average Bonchev–Trinajstić information content (AvgIpc) is 2.26. The maximum atomic E-state index is 11.2. The van der Waals surface area contributed by atoms with Gasteiger partial charge in [-0.15, -0.1) is 0 Å². The van der Waals surface area contributed by atoms with Crippen LogP contribution in [0.1, 0.15) is 28.2 Å². The Morgan fingerprint density at radius 2 is 2.00 bits per heavy atom. The third-order valence-corrected chi connectivity index (χ3v) is 3.12. The van der Waals surface area contributed by atoms with Gasteiger partial charge in [0.1, 0.15) is 5.75 Å². The highest BCUT2D eigenvalue weighted by Crippen LogP contribution is 2.34. The molecule has 0 heterocycles. The molecule has 1 unspecified atom stereocenters. The van der Waals surface area contributed by atoms with Crippen LogP contribution in [0.4, 0.5) is 0 Å². The number of carboxylic acid groups (broad SMARTS) is 1. The molecule has 0 bridgehead atoms. The quantitative estimate of drug-likeness (QED) is 0.836. The first-order chi connectivity index (χ1) is 7.93. The van der Waals surface area contributed by atoms with Crippen molar-refractivity contribution in [2.24, 2.45) is 5.73 Å². The van der Waals surface area contributed by atoms with Crippen LogP contribution in [0, 0.1) is 20.8 Å². The lowest BCUT2D eigenvalue weighted by atomic mass is 9.90. The van der Waals surface area contributed by atoms with Crippen molar-refractivity contribution in [3.63, 3.8) is 0 Å². The number of methoxy groups -OCH3 is 1. The largest absolute Gasteiger partial charge is 0.496 e. The van der Waals surface area contributed by atoms with E-state index >= 15 is 0 Å². The van der Waals surface area contributed by atoms with Gasteiger partial charge in [-0.3, -0.25) is 4.79 Å². The summed E-state index contributed by atoms with van der Waals surface area (Å²) in [7, 11) is 1.56. The fraction of sp³-hybridized carbons (Fsp3) is 0.462. The van der Waals surface area contributed by atoms with Crippen LogP contribution < -0.4 is 10.5 Å². The molecule has 0 aromatic heterocycles. The monoisotopic (exact) mass is 237 g/mol. The summed E-state index contributed by atoms with van der Waals surface area (Å²) in [6.07, 6.45) is 0. The molecule has 3 N–H and O–H groups in total. The van der Waals surface area contributed by atoms with Gasteiger partial charge in [-0.05, 0) is 37.5 Å². The van der Waals surface area contributed by atoms with Gasteiger partial charge in [0.2, 0.25) is 0 Å². The van der Waals surface area contributed by atoms with Crippen molar-refractivity contribution in [2.45, 2.75) is 26.7 Å². The maximum absolute atomic E-state index is 11.2. The van der Waals surface area contributed by atoms with Gasteiger partial charge < -0.3 is 15.6 Å². The standard InChI is InChI=1S/C13H19NO3/c1-7-5-8(2)11(10(6-14)13(15)16)12(17-4)9(7)3/h5,10H,6,14H2,1-4H3,(H,15,16). The zero-order valence-corrected chi connectivity index (χ0v) is 10.7. The third-order valence-electron chi connectivity index (χ3n) is 3.12. The van der Waals surface area contributed by atoms with E-state index in [1.165, 1.54) is 0 Å². The van der Waals surface area contributed by atoms with Gasteiger partial charge in [-0.2, -0.15) is 0 Å². The summed E-state index contributed by atoms with van der Waals surface area (Å²) in [6, 6.07) is 1.97. The number of aryl methyl sites for hydroxylation is 2. The van der Waals surface area contributed by atoms with Gasteiger partial charge in [0.05, 0.1) is 13.0 Å². The molecule has 94 valence electrons. The molecular formula is C13H19NO3. The summed E-state index contributed by atoms with van der Waals surface area (Å²) in [5.41, 5.74) is 9.19. The summed E-state index contributed by atoms with van der Waals surface area (Å²) >= 11 is 0. The second-order valence-corrected chi connectivity index (χ2v) is 4.21. The molecule has 4 nitrogen and oxygen atoms in total. The van der Waals surface area contributed by atoms with E-state index in [9.17, 15) is 9.90 Å². The minimum absolute atomic E-state index is 0.0645. The minimum atomic E-state index is -0.919. The van der Waals surface area contributed by atoms with E-state index in [1.807, 2.05) is 26.8 Å². The number of ether oxygens (including phenoxy) is 1. The van der Waals surface area contributed by atoms with E-state index in [1.54, 1.807) is 7.11 Å². The maximum Gasteiger partial charge on any atom is 0.312 e. The number of hydrogen-bond donors (Lipinski definition) is 2. The van der Waals surface area contributed by atoms with E-state index in [0.717, 1.165) is 16.7 Å². The van der Waals surface area contributed by atoms with Crippen molar-refractivity contribution in [1.29, 1.82) is 0 Å². The van der Waals surface area contributed by atoms with Crippen molar-refractivity contribution in [3.05, 3.63) is 28.3 Å². The Balaban J connectivity index is 3.50. The lowest BCUT2D eigenvalue weighted by molar-refractivity contribution is -0.138. The molecule has 0 spiro atoms. The molecule has 4 heteroatoms. The fourth-order valence-corrected chi connectivity index (χ4v) is 2.11. The Hall–Kier alpha value is -1.55. The first kappa shape index (κ1) is 13.5. The Morgan fingerprint density at radius 3 is 2.41 bits per heavy atom. The van der Waals surface area contributed by atoms with E-state index in [0.29, 0.717) is 11.3 Å². The number of hydrogen-bond acceptors (Lipinski definition) is 3. The van der Waals surface area contributed by atoms with Crippen LogP contribution in [0.5, 0.6) is 5.75 Å². The van der Waals surface area contributed by atoms with Gasteiger partial charge in [-0.1, -0.05) is 6.07 Å². The Labute approximate surface area is 101 Å². The Bertz CT molecular complexity index is 441. The normalized spacial score (nSPS) is 12.3. The molecule has 0 aliphatic carbocycles. The topological polar surface area (TPSA) is 72.5 Å². The van der Waals surface area contributed by atoms with Crippen LogP contribution in [0.3, 0.4) is 0 Å². The zero-order valence-electron chi connectivity index (χ0n) is 10.7. The van der Waals surface area contributed by atoms with Gasteiger partial charge in [-0.25, -0.2) is 0 Å². The Morgan fingerprint density at radius 1 is 1.41 bits per heavy atom. The highest BCUT2D eigenvalue weighted by molar-refractivity contribution is 5.79. The van der Waals surface area contributed by atoms with Crippen LogP contribution in [0.25, 0.3) is 0 Å². The summed E-state index contributed by atoms with van der Waals surface area (Å²) in [5.74, 6) is -0.998. The van der Waals surface area contributed by atoms with E-state index < -0.39 is 11.9 Å². The number of carbonyl (C=O) groups is 1. The average molecular weight is 237 g/mol. The summed E-state index contributed by atoms with van der Waals surface area (Å²) in [5, 5.41) is 9.20. The molecular weight excluding hydrogens is 218 g/mol. The first-order valence-electron chi connectivity index (χ1n) is 5.51. The first-order valence-corrected chi connectivity index (χ1v) is 5.51. The molecule has 1 rings (SSSR count). The van der Waals surface area contributed by atoms with Crippen LogP contribution in [0.2, 0.25) is 0 Å². The van der Waals surface area contributed by atoms with E-state index in [-0.39, 0.29) is 6.54 Å². The molecule has 1 aromatic carbocycles. The predicted octanol–water partition coefficient (Wildman–Crippen LogP) is 1.75.